The van der Waals surface area contributed by atoms with E-state index in [1.54, 1.807) is 12.1 Å². The summed E-state index contributed by atoms with van der Waals surface area (Å²) in [4.78, 5) is 24.1. The van der Waals surface area contributed by atoms with Crippen molar-refractivity contribution in [3.63, 3.8) is 0 Å². The van der Waals surface area contributed by atoms with E-state index < -0.39 is 18.9 Å². The third-order valence-electron chi connectivity index (χ3n) is 5.06. The third kappa shape index (κ3) is 3.86. The SMILES string of the molecule is NCc1nnn(CC(=O)C[C@H]2Cc3cccc(C(=O)O)c3OB2O)c1-c1ccsc1. The number of carboxylic acids is 1. The second-order valence-electron chi connectivity index (χ2n) is 7.07. The van der Waals surface area contributed by atoms with Crippen molar-refractivity contribution in [1.29, 1.82) is 0 Å². The van der Waals surface area contributed by atoms with Crippen molar-refractivity contribution in [3.05, 3.63) is 51.8 Å². The van der Waals surface area contributed by atoms with Crippen LogP contribution >= 0.6 is 11.3 Å². The Bertz CT molecular complexity index is 1080. The second-order valence-corrected chi connectivity index (χ2v) is 7.85. The van der Waals surface area contributed by atoms with Crippen molar-refractivity contribution in [2.45, 2.75) is 31.7 Å². The first kappa shape index (κ1) is 20.3. The molecule has 3 aromatic rings. The van der Waals surface area contributed by atoms with Crippen LogP contribution in [0.15, 0.2) is 35.0 Å². The maximum atomic E-state index is 12.8. The highest BCUT2D eigenvalue weighted by Crippen LogP contribution is 2.36. The fourth-order valence-corrected chi connectivity index (χ4v) is 4.30. The number of thiophene rings is 1. The summed E-state index contributed by atoms with van der Waals surface area (Å²) < 4.78 is 6.99. The number of carbonyl (C=O) groups excluding carboxylic acids is 1. The zero-order valence-corrected chi connectivity index (χ0v) is 16.7. The van der Waals surface area contributed by atoms with Gasteiger partial charge >= 0.3 is 13.1 Å². The number of rotatable bonds is 7. The van der Waals surface area contributed by atoms with Crippen molar-refractivity contribution in [3.8, 4) is 17.0 Å². The average molecular weight is 426 g/mol. The van der Waals surface area contributed by atoms with Gasteiger partial charge in [-0.05, 0) is 29.5 Å². The number of carboxylic acid groups (broad SMARTS) is 1. The molecule has 2 aromatic heterocycles. The van der Waals surface area contributed by atoms with Gasteiger partial charge < -0.3 is 20.5 Å². The topological polar surface area (TPSA) is 141 Å². The number of nitrogens with two attached hydrogens (primary N) is 1. The molecule has 4 N–H and O–H groups in total. The summed E-state index contributed by atoms with van der Waals surface area (Å²) in [6.07, 6.45) is 0.394. The maximum Gasteiger partial charge on any atom is 0.526 e. The molecule has 1 aromatic carbocycles. The van der Waals surface area contributed by atoms with Crippen molar-refractivity contribution >= 4 is 30.2 Å². The molecule has 3 heterocycles. The van der Waals surface area contributed by atoms with Gasteiger partial charge in [-0.15, -0.1) is 5.10 Å². The Kier molecular flexibility index (Phi) is 5.66. The molecule has 4 rings (SSSR count). The molecule has 1 atom stereocenters. The summed E-state index contributed by atoms with van der Waals surface area (Å²) in [5, 5.41) is 31.7. The van der Waals surface area contributed by atoms with E-state index in [4.69, 9.17) is 10.4 Å². The average Bonchev–Trinajstić information content (AvgIpc) is 3.37. The van der Waals surface area contributed by atoms with Crippen LogP contribution in [-0.4, -0.2) is 44.0 Å². The van der Waals surface area contributed by atoms with Crippen molar-refractivity contribution in [2.24, 2.45) is 5.73 Å². The van der Waals surface area contributed by atoms with Crippen LogP contribution in [0.2, 0.25) is 5.82 Å². The fourth-order valence-electron chi connectivity index (χ4n) is 3.66. The van der Waals surface area contributed by atoms with E-state index in [1.165, 1.54) is 22.1 Å². The molecule has 9 nitrogen and oxygen atoms in total. The number of aromatic nitrogens is 3. The van der Waals surface area contributed by atoms with Gasteiger partial charge in [-0.1, -0.05) is 17.3 Å². The van der Waals surface area contributed by atoms with Crippen LogP contribution in [0.1, 0.15) is 28.0 Å². The summed E-state index contributed by atoms with van der Waals surface area (Å²) in [6.45, 7) is 0.195. The highest BCUT2D eigenvalue weighted by molar-refractivity contribution is 7.08. The largest absolute Gasteiger partial charge is 0.535 e. The van der Waals surface area contributed by atoms with E-state index in [2.05, 4.69) is 10.3 Å². The van der Waals surface area contributed by atoms with Crippen LogP contribution in [0, 0.1) is 0 Å². The monoisotopic (exact) mass is 426 g/mol. The Morgan fingerprint density at radius 3 is 2.90 bits per heavy atom. The summed E-state index contributed by atoms with van der Waals surface area (Å²) in [5.41, 5.74) is 8.63. The van der Waals surface area contributed by atoms with Crippen LogP contribution in [-0.2, 0) is 24.3 Å². The molecule has 0 amide bonds. The molecule has 1 aliphatic heterocycles. The number of aromatic carboxylic acids is 1. The van der Waals surface area contributed by atoms with Crippen LogP contribution in [0.3, 0.4) is 0 Å². The summed E-state index contributed by atoms with van der Waals surface area (Å²) in [6, 6.07) is 6.70. The highest BCUT2D eigenvalue weighted by atomic mass is 32.1. The van der Waals surface area contributed by atoms with Crippen LogP contribution in [0.25, 0.3) is 11.3 Å². The van der Waals surface area contributed by atoms with Gasteiger partial charge in [-0.3, -0.25) is 4.79 Å². The minimum atomic E-state index is -1.27. The van der Waals surface area contributed by atoms with Gasteiger partial charge in [0.2, 0.25) is 0 Å². The zero-order valence-electron chi connectivity index (χ0n) is 15.9. The third-order valence-corrected chi connectivity index (χ3v) is 5.74. The Labute approximate surface area is 176 Å². The Morgan fingerprint density at radius 1 is 1.37 bits per heavy atom. The summed E-state index contributed by atoms with van der Waals surface area (Å²) in [5.74, 6) is -1.61. The molecule has 154 valence electrons. The molecule has 0 radical (unpaired) electrons. The van der Waals surface area contributed by atoms with Gasteiger partial charge in [-0.2, -0.15) is 11.3 Å². The molecule has 0 fully saturated rings. The molecule has 30 heavy (non-hydrogen) atoms. The molecule has 0 unspecified atom stereocenters. The Morgan fingerprint density at radius 2 is 2.20 bits per heavy atom. The highest BCUT2D eigenvalue weighted by Gasteiger charge is 2.37. The lowest BCUT2D eigenvalue weighted by Gasteiger charge is -2.28. The van der Waals surface area contributed by atoms with Crippen LogP contribution in [0.4, 0.5) is 0 Å². The lowest BCUT2D eigenvalue weighted by atomic mass is 9.64. The van der Waals surface area contributed by atoms with Gasteiger partial charge in [0.1, 0.15) is 18.0 Å². The molecule has 0 aliphatic carbocycles. The first-order valence-corrected chi connectivity index (χ1v) is 10.3. The molecule has 0 bridgehead atoms. The number of Topliss-reactive ketones (excluding diaryl/α,β-unsaturated/α-hetero) is 1. The van der Waals surface area contributed by atoms with E-state index in [0.29, 0.717) is 23.4 Å². The first-order chi connectivity index (χ1) is 14.5. The van der Waals surface area contributed by atoms with Gasteiger partial charge in [0.15, 0.2) is 5.78 Å². The van der Waals surface area contributed by atoms with Gasteiger partial charge in [0, 0.05) is 29.7 Å². The number of hydrogen-bond donors (Lipinski definition) is 3. The summed E-state index contributed by atoms with van der Waals surface area (Å²) >= 11 is 1.52. The fraction of sp³-hybridized carbons (Fsp3) is 0.263. The normalized spacial score (nSPS) is 15.5. The number of ketones is 1. The van der Waals surface area contributed by atoms with E-state index in [1.807, 2.05) is 16.8 Å². The van der Waals surface area contributed by atoms with Gasteiger partial charge in [0.25, 0.3) is 0 Å². The second kappa shape index (κ2) is 8.38. The molecule has 0 saturated heterocycles. The Balaban J connectivity index is 1.50. The molecular formula is C19H19BN4O5S. The quantitative estimate of drug-likeness (QED) is 0.484. The first-order valence-electron chi connectivity index (χ1n) is 9.34. The smallest absolute Gasteiger partial charge is 0.526 e. The van der Waals surface area contributed by atoms with Crippen LogP contribution < -0.4 is 10.4 Å². The molecule has 11 heteroatoms. The van der Waals surface area contributed by atoms with E-state index in [0.717, 1.165) is 5.56 Å². The van der Waals surface area contributed by atoms with Crippen molar-refractivity contribution in [1.82, 2.24) is 15.0 Å². The number of fused-ring (bicyclic) bond motifs is 1. The molecule has 0 saturated carbocycles. The predicted molar refractivity (Wildman–Crippen MR) is 110 cm³/mol. The molecule has 1 aliphatic rings. The predicted octanol–water partition coefficient (Wildman–Crippen LogP) is 1.61. The number of carbonyl (C=O) groups is 2. The molecule has 0 spiro atoms. The van der Waals surface area contributed by atoms with Crippen molar-refractivity contribution in [2.75, 3.05) is 0 Å². The minimum absolute atomic E-state index is 0.00587. The zero-order chi connectivity index (χ0) is 21.3. The van der Waals surface area contributed by atoms with Gasteiger partial charge in [0.05, 0.1) is 11.3 Å². The van der Waals surface area contributed by atoms with Gasteiger partial charge in [-0.25, -0.2) is 9.48 Å². The number of nitrogens with zero attached hydrogens (tertiary/aromatic N) is 3. The number of benzene rings is 1. The lowest BCUT2D eigenvalue weighted by molar-refractivity contribution is -0.120. The summed E-state index contributed by atoms with van der Waals surface area (Å²) in [7, 11) is -1.27. The standard InChI is InChI=1S/C19H19BN4O5S/c21-8-16-17(12-4-5-30-10-12)24(23-22-16)9-14(25)7-13-6-11-2-1-3-15(19(26)27)18(11)29-20(13)28/h1-5,10,13,28H,6-9,21H2,(H,26,27)/t13-/m1/s1. The van der Waals surface area contributed by atoms with E-state index in [9.17, 15) is 19.7 Å². The van der Waals surface area contributed by atoms with Crippen LogP contribution in [0.5, 0.6) is 5.75 Å². The lowest BCUT2D eigenvalue weighted by Crippen LogP contribution is -2.36. The molecular weight excluding hydrogens is 407 g/mol. The number of para-hydroxylation sites is 1. The van der Waals surface area contributed by atoms with Crippen molar-refractivity contribution < 1.29 is 24.4 Å². The minimum Gasteiger partial charge on any atom is -0.535 e. The Hall–Kier alpha value is -3.02. The van der Waals surface area contributed by atoms with E-state index in [-0.39, 0.29) is 36.6 Å². The maximum absolute atomic E-state index is 12.8. The number of hydrogen-bond acceptors (Lipinski definition) is 8. The van der Waals surface area contributed by atoms with E-state index >= 15 is 0 Å².